The number of carbonyl (C=O) groups is 4. The molecule has 1 aromatic carbocycles. The molecule has 1 saturated carbocycles. The number of ether oxygens (including phenoxy) is 1. The lowest BCUT2D eigenvalue weighted by atomic mass is 9.85. The Hall–Kier alpha value is -2.90. The maximum absolute atomic E-state index is 12.7. The molecule has 1 heterocycles. The first kappa shape index (κ1) is 18.9. The van der Waals surface area contributed by atoms with E-state index in [9.17, 15) is 19.2 Å². The van der Waals surface area contributed by atoms with Crippen molar-refractivity contribution in [3.8, 4) is 5.75 Å². The molecule has 8 heteroatoms. The number of methoxy groups -OCH3 is 1. The minimum atomic E-state index is -0.946. The zero-order valence-corrected chi connectivity index (χ0v) is 15.4. The Bertz CT molecular complexity index is 778. The molecule has 1 saturated heterocycles. The number of carbonyl (C=O) groups excluding carboxylic acids is 4. The summed E-state index contributed by atoms with van der Waals surface area (Å²) >= 11 is 0. The zero-order valence-electron chi connectivity index (χ0n) is 15.4. The fraction of sp³-hybridized carbons (Fsp3) is 0.474. The van der Waals surface area contributed by atoms with Gasteiger partial charge < -0.3 is 10.1 Å². The number of benzene rings is 1. The molecule has 0 aromatic heterocycles. The van der Waals surface area contributed by atoms with Crippen molar-refractivity contribution in [3.63, 3.8) is 0 Å². The van der Waals surface area contributed by atoms with Crippen molar-refractivity contribution < 1.29 is 23.9 Å². The second kappa shape index (κ2) is 7.77. The van der Waals surface area contributed by atoms with Gasteiger partial charge in [0.25, 0.3) is 0 Å². The molecule has 1 aliphatic carbocycles. The Labute approximate surface area is 157 Å². The first-order chi connectivity index (χ1) is 12.9. The average Bonchev–Trinajstić information content (AvgIpc) is 2.86. The van der Waals surface area contributed by atoms with E-state index in [4.69, 9.17) is 4.74 Å². The van der Waals surface area contributed by atoms with E-state index < -0.39 is 30.3 Å². The van der Waals surface area contributed by atoms with Crippen LogP contribution in [-0.4, -0.2) is 53.2 Å². The van der Waals surface area contributed by atoms with Gasteiger partial charge in [-0.1, -0.05) is 25.8 Å². The van der Waals surface area contributed by atoms with Gasteiger partial charge in [-0.2, -0.15) is 0 Å². The summed E-state index contributed by atoms with van der Waals surface area (Å²) in [6.45, 7) is 1.48. The van der Waals surface area contributed by atoms with Crippen molar-refractivity contribution in [3.05, 3.63) is 24.3 Å². The Morgan fingerprint density at radius 1 is 1.19 bits per heavy atom. The molecule has 27 heavy (non-hydrogen) atoms. The molecule has 2 aliphatic rings. The van der Waals surface area contributed by atoms with Crippen LogP contribution >= 0.6 is 0 Å². The molecule has 144 valence electrons. The molecule has 2 atom stereocenters. The minimum Gasteiger partial charge on any atom is -0.497 e. The fourth-order valence-electron chi connectivity index (χ4n) is 3.68. The summed E-state index contributed by atoms with van der Waals surface area (Å²) in [6.07, 6.45) is 3.56. The SMILES string of the molecule is COc1cccc(NC(=O)CN2C(=O)C(=O)N([C@H]3CCCC[C@@H]3C)C2=O)c1. The molecule has 2 fully saturated rings. The van der Waals surface area contributed by atoms with E-state index in [2.05, 4.69) is 5.32 Å². The van der Waals surface area contributed by atoms with Gasteiger partial charge in [-0.05, 0) is 30.9 Å². The summed E-state index contributed by atoms with van der Waals surface area (Å²) in [5.74, 6) is -1.64. The Morgan fingerprint density at radius 3 is 2.63 bits per heavy atom. The third kappa shape index (κ3) is 3.79. The molecule has 1 aliphatic heterocycles. The van der Waals surface area contributed by atoms with Crippen LogP contribution < -0.4 is 10.1 Å². The van der Waals surface area contributed by atoms with E-state index in [0.717, 1.165) is 29.1 Å². The fourth-order valence-corrected chi connectivity index (χ4v) is 3.68. The largest absolute Gasteiger partial charge is 0.497 e. The standard InChI is InChI=1S/C19H23N3O5/c1-12-6-3-4-9-15(12)22-18(25)17(24)21(19(22)26)11-16(23)20-13-7-5-8-14(10-13)27-2/h5,7-8,10,12,15H,3-4,6,9,11H2,1-2H3,(H,20,23)/t12-,15-/m0/s1. The van der Waals surface area contributed by atoms with Gasteiger partial charge in [0.2, 0.25) is 5.91 Å². The summed E-state index contributed by atoms with van der Waals surface area (Å²) < 4.78 is 5.09. The first-order valence-corrected chi connectivity index (χ1v) is 9.05. The number of nitrogens with one attached hydrogen (secondary N) is 1. The number of nitrogens with zero attached hydrogens (tertiary/aromatic N) is 2. The minimum absolute atomic E-state index is 0.144. The van der Waals surface area contributed by atoms with E-state index in [1.54, 1.807) is 24.3 Å². The molecular weight excluding hydrogens is 350 g/mol. The number of hydrogen-bond donors (Lipinski definition) is 1. The molecule has 0 spiro atoms. The van der Waals surface area contributed by atoms with E-state index in [-0.39, 0.29) is 12.0 Å². The quantitative estimate of drug-likeness (QED) is 0.629. The summed E-state index contributed by atoms with van der Waals surface area (Å²) in [4.78, 5) is 51.4. The van der Waals surface area contributed by atoms with Crippen LogP contribution in [0, 0.1) is 5.92 Å². The van der Waals surface area contributed by atoms with E-state index >= 15 is 0 Å². The molecule has 0 radical (unpaired) electrons. The number of anilines is 1. The second-order valence-electron chi connectivity index (χ2n) is 6.96. The van der Waals surface area contributed by atoms with Gasteiger partial charge in [0, 0.05) is 17.8 Å². The van der Waals surface area contributed by atoms with Crippen molar-refractivity contribution >= 4 is 29.4 Å². The zero-order chi connectivity index (χ0) is 19.6. The number of imide groups is 2. The van der Waals surface area contributed by atoms with Crippen LogP contribution in [0.3, 0.4) is 0 Å². The average molecular weight is 373 g/mol. The highest BCUT2D eigenvalue weighted by atomic mass is 16.5. The Balaban J connectivity index is 1.69. The normalized spacial score (nSPS) is 23.0. The molecule has 1 aromatic rings. The highest BCUT2D eigenvalue weighted by Gasteiger charge is 2.49. The maximum atomic E-state index is 12.7. The van der Waals surface area contributed by atoms with Gasteiger partial charge in [-0.15, -0.1) is 0 Å². The number of hydrogen-bond acceptors (Lipinski definition) is 5. The first-order valence-electron chi connectivity index (χ1n) is 9.05. The third-order valence-corrected chi connectivity index (χ3v) is 5.14. The summed E-state index contributed by atoms with van der Waals surface area (Å²) in [6, 6.07) is 5.72. The van der Waals surface area contributed by atoms with Crippen LogP contribution in [0.4, 0.5) is 10.5 Å². The number of urea groups is 1. The summed E-state index contributed by atoms with van der Waals surface area (Å²) in [7, 11) is 1.51. The van der Waals surface area contributed by atoms with Crippen LogP contribution in [0.25, 0.3) is 0 Å². The van der Waals surface area contributed by atoms with Crippen LogP contribution in [0.15, 0.2) is 24.3 Å². The highest BCUT2D eigenvalue weighted by molar-refractivity contribution is 6.45. The molecule has 3 rings (SSSR count). The smallest absolute Gasteiger partial charge is 0.334 e. The monoisotopic (exact) mass is 373 g/mol. The topological polar surface area (TPSA) is 96.0 Å². The van der Waals surface area contributed by atoms with Crippen LogP contribution in [0.1, 0.15) is 32.6 Å². The van der Waals surface area contributed by atoms with Crippen molar-refractivity contribution in [2.24, 2.45) is 5.92 Å². The third-order valence-electron chi connectivity index (χ3n) is 5.14. The lowest BCUT2D eigenvalue weighted by molar-refractivity contribution is -0.145. The Kier molecular flexibility index (Phi) is 5.43. The number of rotatable bonds is 5. The van der Waals surface area contributed by atoms with Crippen molar-refractivity contribution in [2.75, 3.05) is 19.0 Å². The van der Waals surface area contributed by atoms with Gasteiger partial charge in [-0.25, -0.2) is 9.69 Å². The second-order valence-corrected chi connectivity index (χ2v) is 6.96. The summed E-state index contributed by atoms with van der Waals surface area (Å²) in [5.41, 5.74) is 0.475. The van der Waals surface area contributed by atoms with E-state index in [1.807, 2.05) is 6.92 Å². The van der Waals surface area contributed by atoms with Crippen molar-refractivity contribution in [2.45, 2.75) is 38.6 Å². The van der Waals surface area contributed by atoms with Crippen LogP contribution in [0.5, 0.6) is 5.75 Å². The van der Waals surface area contributed by atoms with Gasteiger partial charge >= 0.3 is 17.8 Å². The summed E-state index contributed by atoms with van der Waals surface area (Å²) in [5, 5.41) is 2.61. The molecule has 0 bridgehead atoms. The molecule has 1 N–H and O–H groups in total. The van der Waals surface area contributed by atoms with Crippen LogP contribution in [-0.2, 0) is 14.4 Å². The van der Waals surface area contributed by atoms with Crippen molar-refractivity contribution in [1.82, 2.24) is 9.80 Å². The lowest BCUT2D eigenvalue weighted by Gasteiger charge is -2.34. The predicted molar refractivity (Wildman–Crippen MR) is 97.0 cm³/mol. The van der Waals surface area contributed by atoms with Gasteiger partial charge in [0.15, 0.2) is 0 Å². The molecule has 0 unspecified atom stereocenters. The van der Waals surface area contributed by atoms with Gasteiger partial charge in [0.05, 0.1) is 7.11 Å². The Morgan fingerprint density at radius 2 is 1.93 bits per heavy atom. The van der Waals surface area contributed by atoms with E-state index in [1.165, 1.54) is 7.11 Å². The van der Waals surface area contributed by atoms with Gasteiger partial charge in [0.1, 0.15) is 12.3 Å². The molecule has 8 nitrogen and oxygen atoms in total. The molecule has 5 amide bonds. The maximum Gasteiger partial charge on any atom is 0.334 e. The van der Waals surface area contributed by atoms with Gasteiger partial charge in [-0.3, -0.25) is 19.3 Å². The number of amides is 5. The predicted octanol–water partition coefficient (Wildman–Crippen LogP) is 2.00. The highest BCUT2D eigenvalue weighted by Crippen LogP contribution is 2.31. The van der Waals surface area contributed by atoms with Crippen LogP contribution in [0.2, 0.25) is 0 Å². The van der Waals surface area contributed by atoms with Crippen molar-refractivity contribution in [1.29, 1.82) is 0 Å². The van der Waals surface area contributed by atoms with E-state index in [0.29, 0.717) is 17.9 Å². The lowest BCUT2D eigenvalue weighted by Crippen LogP contribution is -2.46. The molecular formula is C19H23N3O5.